The number of benzene rings is 4. The Labute approximate surface area is 199 Å². The number of hydrogen-bond acceptors (Lipinski definition) is 1. The van der Waals surface area contributed by atoms with E-state index in [0.717, 1.165) is 11.0 Å². The maximum absolute atomic E-state index is 8.87. The lowest BCUT2D eigenvalue weighted by atomic mass is 9.13. The predicted molar refractivity (Wildman–Crippen MR) is 145 cm³/mol. The molecule has 4 aromatic rings. The number of hydrogen-bond donors (Lipinski definition) is 1. The average molecular weight is 437 g/mol. The molecule has 0 bridgehead atoms. The van der Waals surface area contributed by atoms with Crippen molar-refractivity contribution in [3.05, 3.63) is 121 Å². The monoisotopic (exact) mass is 437 g/mol. The second-order valence-corrected chi connectivity index (χ2v) is 9.83. The molecular weight excluding hydrogens is 401 g/mol. The molecular formula is C30H36BNO. The van der Waals surface area contributed by atoms with E-state index in [-0.39, 0.29) is 6.10 Å². The fraction of sp³-hybridized carbons (Fsp3) is 0.200. The summed E-state index contributed by atoms with van der Waals surface area (Å²) in [5.41, 5.74) is 5.36. The summed E-state index contributed by atoms with van der Waals surface area (Å²) >= 11 is 0. The lowest BCUT2D eigenvalue weighted by Gasteiger charge is -2.44. The van der Waals surface area contributed by atoms with Gasteiger partial charge in [-0.25, -0.2) is 0 Å². The molecule has 0 spiro atoms. The highest BCUT2D eigenvalue weighted by atomic mass is 16.3. The highest BCUT2D eigenvalue weighted by Crippen LogP contribution is 2.09. The molecule has 1 N–H and O–H groups in total. The van der Waals surface area contributed by atoms with E-state index in [0.29, 0.717) is 0 Å². The standard InChI is InChI=1S/C24H20B.C6H16NO/c1-5-13-21(14-6-1)25(22-15-7-2-8-16-22,23-17-9-3-10-18-23)24-19-11-4-12-20-24;1-6(8)5-7(2,3)4/h1-20H;6,8H,5H2,1-4H3/q-1;+1/t;6-/m.1/s1. The Morgan fingerprint density at radius 2 is 0.788 bits per heavy atom. The van der Waals surface area contributed by atoms with Gasteiger partial charge in [-0.05, 0) is 6.92 Å². The zero-order valence-electron chi connectivity index (χ0n) is 20.3. The smallest absolute Gasteiger partial charge is 0.108 e. The Morgan fingerprint density at radius 3 is 0.939 bits per heavy atom. The molecule has 33 heavy (non-hydrogen) atoms. The minimum Gasteiger partial charge on any atom is -0.388 e. The molecule has 0 heterocycles. The van der Waals surface area contributed by atoms with Crippen LogP contribution in [0.5, 0.6) is 0 Å². The molecule has 1 atom stereocenters. The van der Waals surface area contributed by atoms with E-state index in [1.54, 1.807) is 0 Å². The zero-order valence-corrected chi connectivity index (χ0v) is 20.3. The highest BCUT2D eigenvalue weighted by molar-refractivity contribution is 7.19. The van der Waals surface area contributed by atoms with Gasteiger partial charge in [0.1, 0.15) is 18.8 Å². The second kappa shape index (κ2) is 11.1. The van der Waals surface area contributed by atoms with Gasteiger partial charge < -0.3 is 9.59 Å². The predicted octanol–water partition coefficient (Wildman–Crippen LogP) is 3.14. The lowest BCUT2D eigenvalue weighted by molar-refractivity contribution is -0.873. The molecule has 0 aliphatic carbocycles. The van der Waals surface area contributed by atoms with Gasteiger partial charge in [0.05, 0.1) is 21.1 Å². The first kappa shape index (κ1) is 24.5. The van der Waals surface area contributed by atoms with Crippen molar-refractivity contribution in [1.82, 2.24) is 0 Å². The summed E-state index contributed by atoms with van der Waals surface area (Å²) in [6, 6.07) is 43.5. The molecule has 0 radical (unpaired) electrons. The summed E-state index contributed by atoms with van der Waals surface area (Å²) in [7, 11) is 6.19. The van der Waals surface area contributed by atoms with Crippen LogP contribution < -0.4 is 21.9 Å². The summed E-state index contributed by atoms with van der Waals surface area (Å²) in [4.78, 5) is 0. The highest BCUT2D eigenvalue weighted by Gasteiger charge is 2.31. The first-order chi connectivity index (χ1) is 15.8. The van der Waals surface area contributed by atoms with E-state index in [1.807, 2.05) is 6.92 Å². The fourth-order valence-corrected chi connectivity index (χ4v) is 4.91. The molecule has 170 valence electrons. The quantitative estimate of drug-likeness (QED) is 0.363. The van der Waals surface area contributed by atoms with E-state index in [1.165, 1.54) is 21.9 Å². The number of rotatable bonds is 6. The van der Waals surface area contributed by atoms with Crippen LogP contribution in [0.15, 0.2) is 121 Å². The van der Waals surface area contributed by atoms with Crippen LogP contribution in [0.3, 0.4) is 0 Å². The molecule has 0 aromatic heterocycles. The Bertz CT molecular complexity index is 912. The van der Waals surface area contributed by atoms with Gasteiger partial charge in [0.2, 0.25) is 0 Å². The minimum atomic E-state index is -1.22. The van der Waals surface area contributed by atoms with Crippen LogP contribution in [0.1, 0.15) is 6.92 Å². The topological polar surface area (TPSA) is 20.2 Å². The first-order valence-corrected chi connectivity index (χ1v) is 11.7. The van der Waals surface area contributed by atoms with E-state index < -0.39 is 6.15 Å². The van der Waals surface area contributed by atoms with Crippen molar-refractivity contribution in [3.63, 3.8) is 0 Å². The number of aliphatic hydroxyl groups excluding tert-OH is 1. The van der Waals surface area contributed by atoms with Crippen LogP contribution in [0.2, 0.25) is 0 Å². The first-order valence-electron chi connectivity index (χ1n) is 11.7. The van der Waals surface area contributed by atoms with Gasteiger partial charge >= 0.3 is 0 Å². The molecule has 4 rings (SSSR count). The molecule has 0 fully saturated rings. The van der Waals surface area contributed by atoms with Gasteiger partial charge in [0.15, 0.2) is 0 Å². The number of quaternary nitrogens is 1. The van der Waals surface area contributed by atoms with Gasteiger partial charge in [0.25, 0.3) is 0 Å². The maximum atomic E-state index is 8.87. The Kier molecular flexibility index (Phi) is 8.27. The third kappa shape index (κ3) is 6.22. The van der Waals surface area contributed by atoms with Crippen molar-refractivity contribution in [3.8, 4) is 0 Å². The molecule has 3 heteroatoms. The van der Waals surface area contributed by atoms with E-state index in [9.17, 15) is 0 Å². The summed E-state index contributed by atoms with van der Waals surface area (Å²) < 4.78 is 0.831. The van der Waals surface area contributed by atoms with Crippen LogP contribution >= 0.6 is 0 Å². The average Bonchev–Trinajstić information content (AvgIpc) is 2.81. The van der Waals surface area contributed by atoms with Crippen LogP contribution in [0.4, 0.5) is 0 Å². The minimum absolute atomic E-state index is 0.185. The summed E-state index contributed by atoms with van der Waals surface area (Å²) in [5, 5.41) is 8.87. The van der Waals surface area contributed by atoms with Gasteiger partial charge in [-0.2, -0.15) is 21.9 Å². The van der Waals surface area contributed by atoms with Gasteiger partial charge in [-0.15, -0.1) is 0 Å². The normalized spacial score (nSPS) is 12.4. The van der Waals surface area contributed by atoms with Crippen molar-refractivity contribution in [1.29, 1.82) is 0 Å². The third-order valence-corrected chi connectivity index (χ3v) is 6.01. The Balaban J connectivity index is 0.000000331. The van der Waals surface area contributed by atoms with E-state index >= 15 is 0 Å². The van der Waals surface area contributed by atoms with Crippen molar-refractivity contribution < 1.29 is 9.59 Å². The number of nitrogens with zero attached hydrogens (tertiary/aromatic N) is 1. The summed E-state index contributed by atoms with van der Waals surface area (Å²) in [5.74, 6) is 0. The van der Waals surface area contributed by atoms with Crippen molar-refractivity contribution in [2.24, 2.45) is 0 Å². The largest absolute Gasteiger partial charge is 0.388 e. The lowest BCUT2D eigenvalue weighted by Crippen LogP contribution is -2.74. The third-order valence-electron chi connectivity index (χ3n) is 6.01. The maximum Gasteiger partial charge on any atom is 0.108 e. The molecule has 0 saturated carbocycles. The molecule has 0 unspecified atom stereocenters. The number of likely N-dealkylation sites (N-methyl/N-ethyl adjacent to an activating group) is 1. The Morgan fingerprint density at radius 1 is 0.545 bits per heavy atom. The van der Waals surface area contributed by atoms with Crippen LogP contribution in [-0.2, 0) is 0 Å². The van der Waals surface area contributed by atoms with E-state index in [2.05, 4.69) is 142 Å². The molecule has 4 aromatic carbocycles. The molecule has 0 saturated heterocycles. The van der Waals surface area contributed by atoms with Crippen LogP contribution in [0.25, 0.3) is 0 Å². The van der Waals surface area contributed by atoms with Gasteiger partial charge in [-0.1, -0.05) is 121 Å². The van der Waals surface area contributed by atoms with Crippen LogP contribution in [0, 0.1) is 0 Å². The van der Waals surface area contributed by atoms with Crippen molar-refractivity contribution in [2.75, 3.05) is 27.7 Å². The van der Waals surface area contributed by atoms with Gasteiger partial charge in [0, 0.05) is 0 Å². The fourth-order valence-electron chi connectivity index (χ4n) is 4.91. The number of aliphatic hydroxyl groups is 1. The van der Waals surface area contributed by atoms with Crippen LogP contribution in [-0.4, -0.2) is 49.5 Å². The van der Waals surface area contributed by atoms with E-state index in [4.69, 9.17) is 5.11 Å². The SMILES string of the molecule is C[C@@H](O)C[N+](C)(C)C.c1ccc([B-](c2ccccc2)(c2ccccc2)c2ccccc2)cc1. The van der Waals surface area contributed by atoms with Crippen molar-refractivity contribution in [2.45, 2.75) is 13.0 Å². The van der Waals surface area contributed by atoms with Crippen molar-refractivity contribution >= 4 is 28.0 Å². The molecule has 0 aliphatic heterocycles. The zero-order chi connectivity index (χ0) is 23.7. The summed E-state index contributed by atoms with van der Waals surface area (Å²) in [6.07, 6.45) is -1.40. The molecule has 0 aliphatic rings. The summed E-state index contributed by atoms with van der Waals surface area (Å²) in [6.45, 7) is 2.63. The molecule has 2 nitrogen and oxygen atoms in total. The Hall–Kier alpha value is -3.14. The molecule has 0 amide bonds. The van der Waals surface area contributed by atoms with Gasteiger partial charge in [-0.3, -0.25) is 0 Å². The second-order valence-electron chi connectivity index (χ2n) is 9.83.